The van der Waals surface area contributed by atoms with Crippen LogP contribution >= 0.6 is 11.3 Å². The topological polar surface area (TPSA) is 38.3 Å². The first-order valence-corrected chi connectivity index (χ1v) is 9.32. The van der Waals surface area contributed by atoms with Gasteiger partial charge >= 0.3 is 6.09 Å². The minimum Gasteiger partial charge on any atom is -0.444 e. The van der Waals surface area contributed by atoms with Crippen LogP contribution in [0.3, 0.4) is 0 Å². The normalized spacial score (nSPS) is 10.8. The number of carbonyl (C=O) groups excluding carboxylic acids is 1. The predicted molar refractivity (Wildman–Crippen MR) is 97.9 cm³/mol. The maximum atomic E-state index is 11.5. The van der Waals surface area contributed by atoms with Gasteiger partial charge in [-0.1, -0.05) is 38.0 Å². The molecule has 0 radical (unpaired) electrons. The lowest BCUT2D eigenvalue weighted by Gasteiger charge is -2.19. The summed E-state index contributed by atoms with van der Waals surface area (Å²) < 4.78 is 5.18. The lowest BCUT2D eigenvalue weighted by atomic mass is 10.1. The minimum atomic E-state index is -0.459. The number of alkyl carbamates (subject to hydrolysis) is 1. The van der Waals surface area contributed by atoms with Crippen LogP contribution in [-0.2, 0) is 11.2 Å². The number of thiophene rings is 1. The van der Waals surface area contributed by atoms with E-state index in [0.29, 0.717) is 13.0 Å². The molecule has 23 heavy (non-hydrogen) atoms. The molecule has 0 aromatic carbocycles. The van der Waals surface area contributed by atoms with E-state index >= 15 is 0 Å². The van der Waals surface area contributed by atoms with E-state index in [-0.39, 0.29) is 6.09 Å². The van der Waals surface area contributed by atoms with Crippen LogP contribution in [0.25, 0.3) is 0 Å². The monoisotopic (exact) mass is 335 g/mol. The summed E-state index contributed by atoms with van der Waals surface area (Å²) >= 11 is 1.70. The molecule has 0 bridgehead atoms. The minimum absolute atomic E-state index is 0.382. The largest absolute Gasteiger partial charge is 0.444 e. The molecule has 0 saturated heterocycles. The molecule has 0 aliphatic rings. The lowest BCUT2D eigenvalue weighted by molar-refractivity contribution is 0.0529. The summed E-state index contributed by atoms with van der Waals surface area (Å²) in [6.07, 6.45) is 6.46. The zero-order valence-corrected chi connectivity index (χ0v) is 15.6. The molecule has 1 N–H and O–H groups in total. The number of nitrogens with one attached hydrogen (secondary N) is 1. The Balaban J connectivity index is 2.31. The zero-order valence-electron chi connectivity index (χ0n) is 14.8. The van der Waals surface area contributed by atoms with Crippen LogP contribution in [0.1, 0.15) is 70.2 Å². The standard InChI is InChI=1S/C19H29NO2S/c1-5-6-7-8-11-16-13-15-23-17(16)12-9-10-14-20-18(21)22-19(2,3)4/h13,15H,5-8,10-11,14H2,1-4H3,(H,20,21). The van der Waals surface area contributed by atoms with Crippen LogP contribution in [-0.4, -0.2) is 18.2 Å². The number of carbonyl (C=O) groups is 1. The molecule has 0 aliphatic carbocycles. The second-order valence-electron chi connectivity index (χ2n) is 6.57. The van der Waals surface area contributed by atoms with Crippen LogP contribution in [0.2, 0.25) is 0 Å². The van der Waals surface area contributed by atoms with Crippen molar-refractivity contribution in [1.29, 1.82) is 0 Å². The molecule has 0 spiro atoms. The molecule has 0 aliphatic heterocycles. The second kappa shape index (κ2) is 10.3. The first-order chi connectivity index (χ1) is 10.9. The molecule has 0 fully saturated rings. The first-order valence-electron chi connectivity index (χ1n) is 8.44. The number of rotatable bonds is 7. The van der Waals surface area contributed by atoms with Crippen LogP contribution in [0, 0.1) is 11.8 Å². The number of ether oxygens (including phenoxy) is 1. The SMILES string of the molecule is CCCCCCc1ccsc1C#CCCNC(=O)OC(C)(C)C. The highest BCUT2D eigenvalue weighted by atomic mass is 32.1. The Morgan fingerprint density at radius 1 is 1.30 bits per heavy atom. The molecule has 4 heteroatoms. The highest BCUT2D eigenvalue weighted by Gasteiger charge is 2.15. The molecule has 0 unspecified atom stereocenters. The fourth-order valence-electron chi connectivity index (χ4n) is 2.07. The zero-order chi connectivity index (χ0) is 17.1. The van der Waals surface area contributed by atoms with E-state index in [0.717, 1.165) is 6.42 Å². The van der Waals surface area contributed by atoms with E-state index in [1.54, 1.807) is 11.3 Å². The van der Waals surface area contributed by atoms with Gasteiger partial charge in [0.05, 0.1) is 4.88 Å². The van der Waals surface area contributed by atoms with Crippen molar-refractivity contribution >= 4 is 17.4 Å². The van der Waals surface area contributed by atoms with E-state index in [9.17, 15) is 4.79 Å². The second-order valence-corrected chi connectivity index (χ2v) is 7.48. The molecule has 1 rings (SSSR count). The van der Waals surface area contributed by atoms with E-state index < -0.39 is 5.60 Å². The molecule has 3 nitrogen and oxygen atoms in total. The number of amides is 1. The third kappa shape index (κ3) is 9.30. The summed E-state index contributed by atoms with van der Waals surface area (Å²) in [5.41, 5.74) is 0.901. The van der Waals surface area contributed by atoms with Crippen molar-refractivity contribution in [2.75, 3.05) is 6.54 Å². The Kier molecular flexibility index (Phi) is 8.79. The van der Waals surface area contributed by atoms with Gasteiger partial charge in [0.1, 0.15) is 5.60 Å². The number of unbranched alkanes of at least 4 members (excludes halogenated alkanes) is 3. The van der Waals surface area contributed by atoms with E-state index in [1.165, 1.54) is 36.1 Å². The van der Waals surface area contributed by atoms with Crippen molar-refractivity contribution in [3.8, 4) is 11.8 Å². The number of hydrogen-bond donors (Lipinski definition) is 1. The van der Waals surface area contributed by atoms with Crippen molar-refractivity contribution in [2.24, 2.45) is 0 Å². The third-order valence-electron chi connectivity index (χ3n) is 3.17. The van der Waals surface area contributed by atoms with Gasteiger partial charge in [0.25, 0.3) is 0 Å². The van der Waals surface area contributed by atoms with Gasteiger partial charge in [-0.15, -0.1) is 11.3 Å². The average Bonchev–Trinajstić information content (AvgIpc) is 2.89. The predicted octanol–water partition coefficient (Wildman–Crippen LogP) is 5.14. The maximum Gasteiger partial charge on any atom is 0.407 e. The van der Waals surface area contributed by atoms with Gasteiger partial charge in [-0.3, -0.25) is 0 Å². The lowest BCUT2D eigenvalue weighted by Crippen LogP contribution is -2.32. The molecule has 1 aromatic heterocycles. The first kappa shape index (κ1) is 19.6. The molecule has 0 atom stereocenters. The summed E-state index contributed by atoms with van der Waals surface area (Å²) in [7, 11) is 0. The third-order valence-corrected chi connectivity index (χ3v) is 4.04. The highest BCUT2D eigenvalue weighted by molar-refractivity contribution is 7.10. The quantitative estimate of drug-likeness (QED) is 0.553. The Bertz CT molecular complexity index is 532. The molecule has 1 aromatic rings. The van der Waals surface area contributed by atoms with Gasteiger partial charge in [-0.25, -0.2) is 4.79 Å². The van der Waals surface area contributed by atoms with E-state index in [2.05, 4.69) is 35.5 Å². The Labute approximate surface area is 144 Å². The average molecular weight is 336 g/mol. The van der Waals surface area contributed by atoms with Crippen LogP contribution in [0.15, 0.2) is 11.4 Å². The summed E-state index contributed by atoms with van der Waals surface area (Å²) in [4.78, 5) is 12.7. The van der Waals surface area contributed by atoms with Crippen LogP contribution < -0.4 is 5.32 Å². The molecule has 1 amide bonds. The van der Waals surface area contributed by atoms with Crippen LogP contribution in [0.5, 0.6) is 0 Å². The molecular formula is C19H29NO2S. The maximum absolute atomic E-state index is 11.5. The highest BCUT2D eigenvalue weighted by Crippen LogP contribution is 2.18. The van der Waals surface area contributed by atoms with Gasteiger partial charge in [0.15, 0.2) is 0 Å². The van der Waals surface area contributed by atoms with E-state index in [1.807, 2.05) is 20.8 Å². The van der Waals surface area contributed by atoms with Crippen LogP contribution in [0.4, 0.5) is 4.79 Å². The summed E-state index contributed by atoms with van der Waals surface area (Å²) in [6.45, 7) is 8.30. The van der Waals surface area contributed by atoms with Crippen molar-refractivity contribution in [2.45, 2.75) is 71.8 Å². The van der Waals surface area contributed by atoms with Gasteiger partial charge in [-0.2, -0.15) is 0 Å². The molecule has 0 saturated carbocycles. The molecule has 1 heterocycles. The number of aryl methyl sites for hydroxylation is 1. The van der Waals surface area contributed by atoms with Crippen molar-refractivity contribution in [3.05, 3.63) is 21.9 Å². The van der Waals surface area contributed by atoms with Crippen molar-refractivity contribution in [1.82, 2.24) is 5.32 Å². The summed E-state index contributed by atoms with van der Waals surface area (Å²) in [5.74, 6) is 6.37. The smallest absolute Gasteiger partial charge is 0.407 e. The Hall–Kier alpha value is -1.47. The number of hydrogen-bond acceptors (Lipinski definition) is 3. The van der Waals surface area contributed by atoms with Gasteiger partial charge in [-0.05, 0) is 50.6 Å². The molecule has 128 valence electrons. The summed E-state index contributed by atoms with van der Waals surface area (Å²) in [6, 6.07) is 2.18. The van der Waals surface area contributed by atoms with Crippen molar-refractivity contribution in [3.63, 3.8) is 0 Å². The Morgan fingerprint density at radius 3 is 2.78 bits per heavy atom. The van der Waals surface area contributed by atoms with Gasteiger partial charge in [0.2, 0.25) is 0 Å². The van der Waals surface area contributed by atoms with Crippen molar-refractivity contribution < 1.29 is 9.53 Å². The Morgan fingerprint density at radius 2 is 2.09 bits per heavy atom. The summed E-state index contributed by atoms with van der Waals surface area (Å²) in [5, 5.41) is 4.83. The van der Waals surface area contributed by atoms with Gasteiger partial charge in [0, 0.05) is 13.0 Å². The fraction of sp³-hybridized carbons (Fsp3) is 0.632. The van der Waals surface area contributed by atoms with Gasteiger partial charge < -0.3 is 10.1 Å². The molecular weight excluding hydrogens is 306 g/mol. The fourth-order valence-corrected chi connectivity index (χ4v) is 2.89. The van der Waals surface area contributed by atoms with E-state index in [4.69, 9.17) is 4.74 Å².